The van der Waals surface area contributed by atoms with Crippen LogP contribution in [-0.4, -0.2) is 53.9 Å². The quantitative estimate of drug-likeness (QED) is 0.267. The molecule has 1 aliphatic heterocycles. The molecular weight excluding hydrogens is 479 g/mol. The first kappa shape index (κ1) is 24.8. The van der Waals surface area contributed by atoms with E-state index in [1.807, 2.05) is 4.90 Å². The minimum atomic E-state index is -4.78. The van der Waals surface area contributed by atoms with E-state index in [1.165, 1.54) is 53.9 Å². The smallest absolute Gasteiger partial charge is 0.504 e. The number of thiophene rings is 1. The van der Waals surface area contributed by atoms with Gasteiger partial charge >= 0.3 is 12.3 Å². The zero-order valence-corrected chi connectivity index (χ0v) is 19.5. The maximum Gasteiger partial charge on any atom is 0.573 e. The van der Waals surface area contributed by atoms with E-state index in [1.54, 1.807) is 12.3 Å². The molecule has 1 aliphatic rings. The number of ether oxygens (including phenoxy) is 2. The number of halogens is 3. The van der Waals surface area contributed by atoms with Crippen molar-refractivity contribution in [3.05, 3.63) is 29.6 Å². The predicted octanol–water partition coefficient (Wildman–Crippen LogP) is 5.00. The maximum atomic E-state index is 12.4. The number of piperidine rings is 1. The lowest BCUT2D eigenvalue weighted by Crippen LogP contribution is -2.45. The number of hydrogen-bond donors (Lipinski definition) is 1. The molecular formula is C21H22F3N3O4S2. The Balaban J connectivity index is 1.78. The van der Waals surface area contributed by atoms with Gasteiger partial charge in [0.15, 0.2) is 10.9 Å². The molecule has 1 saturated heterocycles. The van der Waals surface area contributed by atoms with Crippen LogP contribution in [0.4, 0.5) is 18.9 Å². The average Bonchev–Trinajstić information content (AvgIpc) is 3.17. The first-order chi connectivity index (χ1) is 15.6. The SMILES string of the molecule is C/C=N/N(C(=S)N1CCC(C(=O)OC)CC1)c1csc(-c2ccc(OC(F)(F)F)cc2)c1O. The zero-order valence-electron chi connectivity index (χ0n) is 17.8. The highest BCUT2D eigenvalue weighted by Gasteiger charge is 2.32. The van der Waals surface area contributed by atoms with Crippen LogP contribution in [0.3, 0.4) is 0 Å². The van der Waals surface area contributed by atoms with E-state index in [-0.39, 0.29) is 23.4 Å². The number of hydrogen-bond acceptors (Lipinski definition) is 7. The summed E-state index contributed by atoms with van der Waals surface area (Å²) in [4.78, 5) is 14.1. The van der Waals surface area contributed by atoms with Crippen molar-refractivity contribution in [3.8, 4) is 21.9 Å². The number of esters is 1. The molecule has 1 fully saturated rings. The second-order valence-corrected chi connectivity index (χ2v) is 8.37. The normalized spacial score (nSPS) is 15.0. The van der Waals surface area contributed by atoms with Crippen LogP contribution in [0.25, 0.3) is 10.4 Å². The molecule has 0 aliphatic carbocycles. The topological polar surface area (TPSA) is 74.6 Å². The van der Waals surface area contributed by atoms with E-state index in [0.717, 1.165) is 0 Å². The van der Waals surface area contributed by atoms with Gasteiger partial charge in [0.25, 0.3) is 0 Å². The molecule has 3 rings (SSSR count). The molecule has 0 amide bonds. The standard InChI is InChI=1S/C21H22F3N3O4S2/c1-3-25-27(20(32)26-10-8-14(9-11-26)19(29)30-2)16-12-33-18(17(16)28)13-4-6-15(7-5-13)31-21(22,23)24/h3-7,12,14,28H,8-11H2,1-2H3/b25-3+. The predicted molar refractivity (Wildman–Crippen MR) is 124 cm³/mol. The number of hydrazone groups is 1. The summed E-state index contributed by atoms with van der Waals surface area (Å²) in [6.45, 7) is 2.78. The molecule has 1 N–H and O–H groups in total. The largest absolute Gasteiger partial charge is 0.573 e. The van der Waals surface area contributed by atoms with Crippen LogP contribution in [0.2, 0.25) is 0 Å². The zero-order chi connectivity index (χ0) is 24.2. The first-order valence-electron chi connectivity index (χ1n) is 9.96. The number of benzene rings is 1. The molecule has 0 saturated carbocycles. The van der Waals surface area contributed by atoms with E-state index >= 15 is 0 Å². The third-order valence-corrected chi connectivity index (χ3v) is 6.47. The van der Waals surface area contributed by atoms with Crippen molar-refractivity contribution in [1.82, 2.24) is 4.90 Å². The second-order valence-electron chi connectivity index (χ2n) is 7.12. The lowest BCUT2D eigenvalue weighted by molar-refractivity contribution is -0.274. The minimum absolute atomic E-state index is 0.0955. The molecule has 0 spiro atoms. The summed E-state index contributed by atoms with van der Waals surface area (Å²) >= 11 is 6.83. The maximum absolute atomic E-state index is 12.4. The van der Waals surface area contributed by atoms with E-state index in [4.69, 9.17) is 17.0 Å². The van der Waals surface area contributed by atoms with Gasteiger partial charge in [0.05, 0.1) is 17.9 Å². The highest BCUT2D eigenvalue weighted by Crippen LogP contribution is 2.44. The van der Waals surface area contributed by atoms with Gasteiger partial charge < -0.3 is 19.5 Å². The summed E-state index contributed by atoms with van der Waals surface area (Å²) in [7, 11) is 1.37. The highest BCUT2D eigenvalue weighted by molar-refractivity contribution is 7.80. The molecule has 178 valence electrons. The van der Waals surface area contributed by atoms with Gasteiger partial charge in [-0.2, -0.15) is 5.10 Å². The molecule has 2 heterocycles. The Morgan fingerprint density at radius 2 is 1.94 bits per heavy atom. The van der Waals surface area contributed by atoms with Gasteiger partial charge in [-0.3, -0.25) is 4.79 Å². The van der Waals surface area contributed by atoms with Crippen molar-refractivity contribution < 1.29 is 32.5 Å². The number of anilines is 1. The van der Waals surface area contributed by atoms with Crippen LogP contribution >= 0.6 is 23.6 Å². The van der Waals surface area contributed by atoms with Crippen molar-refractivity contribution in [3.63, 3.8) is 0 Å². The Labute approximate surface area is 198 Å². The van der Waals surface area contributed by atoms with Crippen LogP contribution in [0, 0.1) is 5.92 Å². The van der Waals surface area contributed by atoms with E-state index in [9.17, 15) is 23.1 Å². The first-order valence-corrected chi connectivity index (χ1v) is 11.3. The molecule has 0 radical (unpaired) electrons. The van der Waals surface area contributed by atoms with E-state index in [2.05, 4.69) is 9.84 Å². The molecule has 0 atom stereocenters. The summed E-state index contributed by atoms with van der Waals surface area (Å²) in [5.41, 5.74) is 0.868. The second kappa shape index (κ2) is 10.4. The fourth-order valence-electron chi connectivity index (χ4n) is 3.44. The number of nitrogens with zero attached hydrogens (tertiary/aromatic N) is 3. The van der Waals surface area contributed by atoms with Crippen molar-refractivity contribution in [2.45, 2.75) is 26.1 Å². The van der Waals surface area contributed by atoms with Crippen LogP contribution in [-0.2, 0) is 9.53 Å². The van der Waals surface area contributed by atoms with Gasteiger partial charge in [-0.25, -0.2) is 5.01 Å². The van der Waals surface area contributed by atoms with Crippen molar-refractivity contribution in [2.24, 2.45) is 11.0 Å². The summed E-state index contributed by atoms with van der Waals surface area (Å²) in [6.07, 6.45) is -2.07. The summed E-state index contributed by atoms with van der Waals surface area (Å²) in [5, 5.41) is 18.6. The third kappa shape index (κ3) is 5.93. The van der Waals surface area contributed by atoms with E-state index in [0.29, 0.717) is 47.2 Å². The molecule has 1 aromatic heterocycles. The van der Waals surface area contributed by atoms with Crippen molar-refractivity contribution in [1.29, 1.82) is 0 Å². The average molecular weight is 502 g/mol. The number of rotatable bonds is 5. The fraction of sp³-hybridized carbons (Fsp3) is 0.381. The van der Waals surface area contributed by atoms with Crippen LogP contribution in [0.1, 0.15) is 19.8 Å². The van der Waals surface area contributed by atoms with Gasteiger partial charge in [-0.05, 0) is 61.8 Å². The number of alkyl halides is 3. The van der Waals surface area contributed by atoms with Crippen LogP contribution in [0.15, 0.2) is 34.7 Å². The lowest BCUT2D eigenvalue weighted by Gasteiger charge is -2.35. The number of aromatic hydroxyl groups is 1. The summed E-state index contributed by atoms with van der Waals surface area (Å²) in [6, 6.07) is 5.22. The van der Waals surface area contributed by atoms with Crippen LogP contribution in [0.5, 0.6) is 11.5 Å². The van der Waals surface area contributed by atoms with Gasteiger partial charge in [0.1, 0.15) is 11.4 Å². The van der Waals surface area contributed by atoms with Crippen molar-refractivity contribution in [2.75, 3.05) is 25.2 Å². The van der Waals surface area contributed by atoms with Gasteiger partial charge in [-0.1, -0.05) is 0 Å². The summed E-state index contributed by atoms with van der Waals surface area (Å²) < 4.78 is 45.9. The molecule has 0 bridgehead atoms. The van der Waals surface area contributed by atoms with Crippen LogP contribution < -0.4 is 9.75 Å². The third-order valence-electron chi connectivity index (χ3n) is 5.04. The van der Waals surface area contributed by atoms with E-state index < -0.39 is 6.36 Å². The number of likely N-dealkylation sites (tertiary alicyclic amines) is 1. The van der Waals surface area contributed by atoms with Crippen molar-refractivity contribution >= 4 is 46.5 Å². The molecule has 0 unspecified atom stereocenters. The molecule has 7 nitrogen and oxygen atoms in total. The Morgan fingerprint density at radius 1 is 1.30 bits per heavy atom. The Morgan fingerprint density at radius 3 is 2.48 bits per heavy atom. The number of thiocarbonyl (C=S) groups is 1. The van der Waals surface area contributed by atoms with Gasteiger partial charge in [0.2, 0.25) is 0 Å². The summed E-state index contributed by atoms with van der Waals surface area (Å²) in [5.74, 6) is -0.864. The number of carbonyl (C=O) groups excluding carboxylic acids is 1. The number of methoxy groups -OCH3 is 1. The molecule has 33 heavy (non-hydrogen) atoms. The monoisotopic (exact) mass is 501 g/mol. The Kier molecular flexibility index (Phi) is 7.80. The number of carbonyl (C=O) groups is 1. The molecule has 2 aromatic rings. The highest BCUT2D eigenvalue weighted by atomic mass is 32.1. The van der Waals surface area contributed by atoms with Gasteiger partial charge in [0, 0.05) is 24.7 Å². The minimum Gasteiger partial charge on any atom is -0.504 e. The molecule has 1 aromatic carbocycles. The Hall–Kier alpha value is -2.86. The Bertz CT molecular complexity index is 1020. The van der Waals surface area contributed by atoms with Gasteiger partial charge in [-0.15, -0.1) is 24.5 Å². The molecule has 12 heteroatoms. The fourth-order valence-corrected chi connectivity index (χ4v) is 4.70. The lowest BCUT2D eigenvalue weighted by atomic mass is 9.97.